The third-order valence-corrected chi connectivity index (χ3v) is 6.16. The summed E-state index contributed by atoms with van der Waals surface area (Å²) in [7, 11) is 0. The Morgan fingerprint density at radius 1 is 0.690 bits per heavy atom. The SMILES string of the molecule is CSCC(CSC)=NOCC(=O)NCCOCCOCC(=O)NCCOCCOCC(=O)NCCN1C(=O)C=CC1=O. The monoisotopic (exact) mass is 635 g/mol. The van der Waals surface area contributed by atoms with Crippen LogP contribution in [0.3, 0.4) is 0 Å². The first-order chi connectivity index (χ1) is 20.4. The van der Waals surface area contributed by atoms with Gasteiger partial charge in [-0.25, -0.2) is 0 Å². The number of nitrogens with one attached hydrogen (secondary N) is 3. The molecule has 0 spiro atoms. The lowest BCUT2D eigenvalue weighted by molar-refractivity contribution is -0.137. The molecule has 0 saturated carbocycles. The van der Waals surface area contributed by atoms with Crippen LogP contribution in [0.25, 0.3) is 0 Å². The van der Waals surface area contributed by atoms with Crippen LogP contribution in [0, 0.1) is 0 Å². The Bertz CT molecular complexity index is 881. The van der Waals surface area contributed by atoms with Crippen molar-refractivity contribution in [2.24, 2.45) is 5.16 Å². The van der Waals surface area contributed by atoms with Crippen LogP contribution in [0.15, 0.2) is 17.3 Å². The maximum atomic E-state index is 11.8. The Morgan fingerprint density at radius 2 is 1.14 bits per heavy atom. The molecule has 238 valence electrons. The smallest absolute Gasteiger partial charge is 0.260 e. The standard InChI is InChI=1S/C25H41N5O10S2/c1-41-18-20(19-42-2)29-40-17-23(33)28-7-10-37-12-14-39-16-22(32)27-6-9-36-11-13-38-15-21(31)26-5-8-30-24(34)3-4-25(30)35/h3-4H,5-19H2,1-2H3,(H,26,31)(H,27,32)(H,28,33). The first-order valence-electron chi connectivity index (χ1n) is 13.2. The molecule has 0 radical (unpaired) electrons. The molecule has 0 aliphatic carbocycles. The molecular formula is C25H41N5O10S2. The molecule has 0 aromatic heterocycles. The van der Waals surface area contributed by atoms with Gasteiger partial charge in [-0.1, -0.05) is 5.16 Å². The fraction of sp³-hybridized carbons (Fsp3) is 0.680. The molecule has 42 heavy (non-hydrogen) atoms. The first kappa shape index (κ1) is 37.3. The molecule has 3 N–H and O–H groups in total. The molecule has 0 aromatic carbocycles. The van der Waals surface area contributed by atoms with E-state index >= 15 is 0 Å². The molecule has 1 rings (SSSR count). The molecule has 0 bridgehead atoms. The van der Waals surface area contributed by atoms with Crippen molar-refractivity contribution in [2.45, 2.75) is 0 Å². The van der Waals surface area contributed by atoms with Crippen LogP contribution in [0.4, 0.5) is 0 Å². The topological polar surface area (TPSA) is 183 Å². The van der Waals surface area contributed by atoms with Crippen molar-refractivity contribution >= 4 is 58.8 Å². The third kappa shape index (κ3) is 19.4. The summed E-state index contributed by atoms with van der Waals surface area (Å²) in [6.45, 7) is 1.83. The highest BCUT2D eigenvalue weighted by molar-refractivity contribution is 8.00. The maximum Gasteiger partial charge on any atom is 0.260 e. The van der Waals surface area contributed by atoms with E-state index in [0.29, 0.717) is 13.2 Å². The van der Waals surface area contributed by atoms with Crippen LogP contribution in [0.1, 0.15) is 0 Å². The first-order valence-corrected chi connectivity index (χ1v) is 16.0. The van der Waals surface area contributed by atoms with E-state index in [9.17, 15) is 24.0 Å². The van der Waals surface area contributed by atoms with Crippen LogP contribution < -0.4 is 16.0 Å². The van der Waals surface area contributed by atoms with E-state index in [2.05, 4.69) is 21.1 Å². The Morgan fingerprint density at radius 3 is 1.64 bits per heavy atom. The Balaban J connectivity index is 1.86. The zero-order chi connectivity index (χ0) is 30.8. The molecular weight excluding hydrogens is 594 g/mol. The van der Waals surface area contributed by atoms with E-state index < -0.39 is 11.8 Å². The molecule has 17 heteroatoms. The predicted octanol–water partition coefficient (Wildman–Crippen LogP) is -1.57. The van der Waals surface area contributed by atoms with E-state index in [-0.39, 0.29) is 90.2 Å². The Hall–Kier alpha value is -2.70. The number of carbonyl (C=O) groups is 5. The second-order valence-electron chi connectivity index (χ2n) is 8.34. The van der Waals surface area contributed by atoms with Gasteiger partial charge in [-0.3, -0.25) is 28.9 Å². The van der Waals surface area contributed by atoms with Crippen molar-refractivity contribution in [1.29, 1.82) is 0 Å². The number of hydrogen-bond donors (Lipinski definition) is 3. The van der Waals surface area contributed by atoms with Crippen molar-refractivity contribution in [3.8, 4) is 0 Å². The number of imide groups is 1. The third-order valence-electron chi connectivity index (χ3n) is 4.92. The summed E-state index contributed by atoms with van der Waals surface area (Å²) < 4.78 is 21.1. The van der Waals surface area contributed by atoms with Crippen molar-refractivity contribution < 1.29 is 47.8 Å². The summed E-state index contributed by atoms with van der Waals surface area (Å²) in [6, 6.07) is 0. The molecule has 15 nitrogen and oxygen atoms in total. The van der Waals surface area contributed by atoms with Crippen LogP contribution in [0.5, 0.6) is 0 Å². The van der Waals surface area contributed by atoms with Gasteiger partial charge in [-0.2, -0.15) is 23.5 Å². The zero-order valence-electron chi connectivity index (χ0n) is 24.1. The van der Waals surface area contributed by atoms with E-state index in [1.807, 2.05) is 12.5 Å². The summed E-state index contributed by atoms with van der Waals surface area (Å²) in [5.41, 5.74) is 0.889. The van der Waals surface area contributed by atoms with Crippen LogP contribution >= 0.6 is 23.5 Å². The highest BCUT2D eigenvalue weighted by atomic mass is 32.2. The highest BCUT2D eigenvalue weighted by Gasteiger charge is 2.22. The van der Waals surface area contributed by atoms with E-state index in [4.69, 9.17) is 23.8 Å². The maximum absolute atomic E-state index is 11.8. The van der Waals surface area contributed by atoms with Crippen molar-refractivity contribution in [2.75, 3.05) is 110 Å². The molecule has 0 fully saturated rings. The van der Waals surface area contributed by atoms with Crippen LogP contribution in [0.2, 0.25) is 0 Å². The van der Waals surface area contributed by atoms with Crippen LogP contribution in [-0.4, -0.2) is 150 Å². The number of oxime groups is 1. The average Bonchev–Trinajstić information content (AvgIpc) is 3.28. The van der Waals surface area contributed by atoms with E-state index in [1.165, 1.54) is 12.2 Å². The van der Waals surface area contributed by atoms with Gasteiger partial charge in [0.2, 0.25) is 11.8 Å². The van der Waals surface area contributed by atoms with Crippen LogP contribution in [-0.2, 0) is 47.8 Å². The minimum absolute atomic E-state index is 0.0940. The molecule has 1 aliphatic rings. The fourth-order valence-corrected chi connectivity index (χ4v) is 4.12. The van der Waals surface area contributed by atoms with Gasteiger partial charge in [0.05, 0.1) is 45.4 Å². The second kappa shape index (κ2) is 24.9. The molecule has 0 aromatic rings. The number of hydrogen-bond acceptors (Lipinski definition) is 13. The molecule has 1 aliphatic heterocycles. The van der Waals surface area contributed by atoms with Gasteiger partial charge in [0.25, 0.3) is 17.7 Å². The molecule has 0 saturated heterocycles. The molecule has 1 heterocycles. The largest absolute Gasteiger partial charge is 0.386 e. The average molecular weight is 636 g/mol. The number of rotatable bonds is 26. The quantitative estimate of drug-likeness (QED) is 0.0430. The van der Waals surface area contributed by atoms with Crippen molar-refractivity contribution in [3.05, 3.63) is 12.2 Å². The number of thioether (sulfide) groups is 2. The van der Waals surface area contributed by atoms with Gasteiger partial charge in [-0.15, -0.1) is 0 Å². The lowest BCUT2D eigenvalue weighted by atomic mass is 10.5. The van der Waals surface area contributed by atoms with Gasteiger partial charge in [0.15, 0.2) is 6.61 Å². The summed E-state index contributed by atoms with van der Waals surface area (Å²) in [6.07, 6.45) is 6.32. The van der Waals surface area contributed by atoms with Gasteiger partial charge in [0, 0.05) is 49.8 Å². The zero-order valence-corrected chi connectivity index (χ0v) is 25.7. The summed E-state index contributed by atoms with van der Waals surface area (Å²) in [5, 5.41) is 11.9. The second-order valence-corrected chi connectivity index (χ2v) is 10.1. The summed E-state index contributed by atoms with van der Waals surface area (Å²) in [5.74, 6) is -0.247. The molecule has 0 atom stereocenters. The number of amides is 5. The van der Waals surface area contributed by atoms with Crippen molar-refractivity contribution in [3.63, 3.8) is 0 Å². The van der Waals surface area contributed by atoms with Crippen molar-refractivity contribution in [1.82, 2.24) is 20.9 Å². The number of nitrogens with zero attached hydrogens (tertiary/aromatic N) is 2. The summed E-state index contributed by atoms with van der Waals surface area (Å²) >= 11 is 3.28. The minimum atomic E-state index is -0.400. The normalized spacial score (nSPS) is 12.4. The Labute approximate surface area is 254 Å². The van der Waals surface area contributed by atoms with Gasteiger partial charge in [0.1, 0.15) is 13.2 Å². The highest BCUT2D eigenvalue weighted by Crippen LogP contribution is 2.02. The van der Waals surface area contributed by atoms with Gasteiger partial charge >= 0.3 is 0 Å². The minimum Gasteiger partial charge on any atom is -0.386 e. The van der Waals surface area contributed by atoms with Gasteiger partial charge in [-0.05, 0) is 12.5 Å². The van der Waals surface area contributed by atoms with Gasteiger partial charge < -0.3 is 39.7 Å². The fourth-order valence-electron chi connectivity index (χ4n) is 3.02. The number of carbonyl (C=O) groups excluding carboxylic acids is 5. The predicted molar refractivity (Wildman–Crippen MR) is 158 cm³/mol. The molecule has 0 unspecified atom stereocenters. The molecule has 5 amide bonds. The summed E-state index contributed by atoms with van der Waals surface area (Å²) in [4.78, 5) is 64.1. The lowest BCUT2D eigenvalue weighted by Crippen LogP contribution is -2.39. The lowest BCUT2D eigenvalue weighted by Gasteiger charge is -2.14. The number of ether oxygens (including phenoxy) is 4. The van der Waals surface area contributed by atoms with E-state index in [0.717, 1.165) is 22.1 Å². The Kier molecular flexibility index (Phi) is 22.1. The van der Waals surface area contributed by atoms with E-state index in [1.54, 1.807) is 23.5 Å².